The van der Waals surface area contributed by atoms with Crippen LogP contribution in [0.5, 0.6) is 5.75 Å². The Labute approximate surface area is 114 Å². The zero-order valence-corrected chi connectivity index (χ0v) is 11.8. The van der Waals surface area contributed by atoms with Crippen molar-refractivity contribution in [3.05, 3.63) is 29.8 Å². The van der Waals surface area contributed by atoms with Crippen molar-refractivity contribution in [2.75, 3.05) is 20.1 Å². The van der Waals surface area contributed by atoms with Crippen LogP contribution in [0.15, 0.2) is 24.3 Å². The van der Waals surface area contributed by atoms with Crippen molar-refractivity contribution >= 4 is 5.91 Å². The summed E-state index contributed by atoms with van der Waals surface area (Å²) in [5.74, 6) is 0.807. The largest absolute Gasteiger partial charge is 0.491 e. The first kappa shape index (κ1) is 13.9. The molecule has 0 radical (unpaired) electrons. The number of benzene rings is 1. The van der Waals surface area contributed by atoms with Crippen molar-refractivity contribution in [1.82, 2.24) is 10.2 Å². The predicted octanol–water partition coefficient (Wildman–Crippen LogP) is 1.91. The maximum Gasteiger partial charge on any atom is 0.254 e. The second-order valence-corrected chi connectivity index (χ2v) is 5.26. The van der Waals surface area contributed by atoms with Crippen molar-refractivity contribution in [2.45, 2.75) is 32.4 Å². The molecule has 1 amide bonds. The van der Waals surface area contributed by atoms with Gasteiger partial charge in [0.15, 0.2) is 0 Å². The smallest absolute Gasteiger partial charge is 0.254 e. The van der Waals surface area contributed by atoms with Crippen molar-refractivity contribution in [2.24, 2.45) is 0 Å². The van der Waals surface area contributed by atoms with Crippen molar-refractivity contribution in [3.63, 3.8) is 0 Å². The summed E-state index contributed by atoms with van der Waals surface area (Å²) in [7, 11) is 1.87. The molecule has 4 heteroatoms. The van der Waals surface area contributed by atoms with Gasteiger partial charge in [0.2, 0.25) is 0 Å². The predicted molar refractivity (Wildman–Crippen MR) is 75.6 cm³/mol. The topological polar surface area (TPSA) is 41.6 Å². The number of carbonyl (C=O) groups excluding carboxylic acids is 1. The van der Waals surface area contributed by atoms with E-state index >= 15 is 0 Å². The molecular formula is C15H22N2O2. The first-order valence-corrected chi connectivity index (χ1v) is 6.82. The average molecular weight is 262 g/mol. The normalized spacial score (nSPS) is 18.6. The van der Waals surface area contributed by atoms with Crippen LogP contribution in [0.2, 0.25) is 0 Å². The number of nitrogens with zero attached hydrogens (tertiary/aromatic N) is 1. The maximum absolute atomic E-state index is 12.4. The monoisotopic (exact) mass is 262 g/mol. The van der Waals surface area contributed by atoms with E-state index in [-0.39, 0.29) is 12.0 Å². The zero-order chi connectivity index (χ0) is 13.8. The van der Waals surface area contributed by atoms with Gasteiger partial charge in [-0.15, -0.1) is 0 Å². The van der Waals surface area contributed by atoms with Crippen LogP contribution in [0.25, 0.3) is 0 Å². The second-order valence-electron chi connectivity index (χ2n) is 5.26. The van der Waals surface area contributed by atoms with Gasteiger partial charge in [-0.3, -0.25) is 4.79 Å². The van der Waals surface area contributed by atoms with Gasteiger partial charge < -0.3 is 15.0 Å². The minimum absolute atomic E-state index is 0.0582. The average Bonchev–Trinajstić information content (AvgIpc) is 2.90. The molecule has 104 valence electrons. The Morgan fingerprint density at radius 1 is 1.47 bits per heavy atom. The number of ether oxygens (including phenoxy) is 1. The number of carbonyl (C=O) groups is 1. The number of hydrogen-bond acceptors (Lipinski definition) is 3. The van der Waals surface area contributed by atoms with Crippen LogP contribution >= 0.6 is 0 Å². The molecule has 1 saturated heterocycles. The summed E-state index contributed by atoms with van der Waals surface area (Å²) in [6, 6.07) is 7.71. The summed E-state index contributed by atoms with van der Waals surface area (Å²) >= 11 is 0. The lowest BCUT2D eigenvalue weighted by Gasteiger charge is -2.24. The van der Waals surface area contributed by atoms with Crippen LogP contribution in [0.3, 0.4) is 0 Å². The lowest BCUT2D eigenvalue weighted by molar-refractivity contribution is 0.0743. The fourth-order valence-electron chi connectivity index (χ4n) is 2.31. The van der Waals surface area contributed by atoms with Crippen molar-refractivity contribution < 1.29 is 9.53 Å². The molecule has 1 N–H and O–H groups in total. The molecule has 1 aromatic carbocycles. The molecule has 1 aliphatic rings. The molecule has 0 bridgehead atoms. The van der Waals surface area contributed by atoms with Crippen molar-refractivity contribution in [1.29, 1.82) is 0 Å². The second kappa shape index (κ2) is 6.06. The van der Waals surface area contributed by atoms with Crippen LogP contribution in [0.4, 0.5) is 0 Å². The highest BCUT2D eigenvalue weighted by Gasteiger charge is 2.24. The number of rotatable bonds is 4. The summed E-state index contributed by atoms with van der Waals surface area (Å²) in [5, 5.41) is 3.28. The first-order chi connectivity index (χ1) is 9.08. The molecule has 0 unspecified atom stereocenters. The van der Waals surface area contributed by atoms with Crippen LogP contribution in [-0.4, -0.2) is 43.1 Å². The van der Waals surface area contributed by atoms with Gasteiger partial charge in [-0.05, 0) is 45.0 Å². The Morgan fingerprint density at radius 2 is 2.26 bits per heavy atom. The third-order valence-electron chi connectivity index (χ3n) is 3.36. The van der Waals surface area contributed by atoms with Crippen LogP contribution in [-0.2, 0) is 0 Å². The number of hydrogen-bond donors (Lipinski definition) is 1. The van der Waals surface area contributed by atoms with Gasteiger partial charge in [-0.1, -0.05) is 6.07 Å². The Morgan fingerprint density at radius 3 is 2.89 bits per heavy atom. The van der Waals surface area contributed by atoms with E-state index < -0.39 is 0 Å². The summed E-state index contributed by atoms with van der Waals surface area (Å²) < 4.78 is 5.63. The Hall–Kier alpha value is -1.55. The summed E-state index contributed by atoms with van der Waals surface area (Å²) in [5.41, 5.74) is 0.688. The van der Waals surface area contributed by atoms with E-state index in [9.17, 15) is 4.79 Å². The Balaban J connectivity index is 2.09. The van der Waals surface area contributed by atoms with Gasteiger partial charge in [-0.25, -0.2) is 0 Å². The van der Waals surface area contributed by atoms with Crippen LogP contribution < -0.4 is 10.1 Å². The van der Waals surface area contributed by atoms with E-state index in [1.807, 2.05) is 50.1 Å². The van der Waals surface area contributed by atoms with Gasteiger partial charge >= 0.3 is 0 Å². The van der Waals surface area contributed by atoms with E-state index in [1.165, 1.54) is 0 Å². The highest BCUT2D eigenvalue weighted by atomic mass is 16.5. The summed E-state index contributed by atoms with van der Waals surface area (Å²) in [6.07, 6.45) is 1.13. The highest BCUT2D eigenvalue weighted by molar-refractivity contribution is 5.94. The minimum atomic E-state index is 0.0582. The van der Waals surface area contributed by atoms with Gasteiger partial charge in [0.1, 0.15) is 5.75 Å². The van der Waals surface area contributed by atoms with E-state index in [4.69, 9.17) is 4.74 Å². The van der Waals surface area contributed by atoms with Gasteiger partial charge in [-0.2, -0.15) is 0 Å². The van der Waals surface area contributed by atoms with Crippen molar-refractivity contribution in [3.8, 4) is 5.75 Å². The van der Waals surface area contributed by atoms with E-state index in [1.54, 1.807) is 0 Å². The Bertz CT molecular complexity index is 440. The molecule has 0 spiro atoms. The number of amides is 1. The molecule has 1 aliphatic heterocycles. The molecule has 4 nitrogen and oxygen atoms in total. The SMILES string of the molecule is CC(C)Oc1cccc(C(=O)N(C)[C@H]2CCNC2)c1. The minimum Gasteiger partial charge on any atom is -0.491 e. The van der Waals surface area contributed by atoms with E-state index in [2.05, 4.69) is 5.32 Å². The number of nitrogens with one attached hydrogen (secondary N) is 1. The van der Waals surface area contributed by atoms with Gasteiger partial charge in [0.25, 0.3) is 5.91 Å². The fraction of sp³-hybridized carbons (Fsp3) is 0.533. The van der Waals surface area contributed by atoms with Gasteiger partial charge in [0, 0.05) is 25.2 Å². The van der Waals surface area contributed by atoms with Gasteiger partial charge in [0.05, 0.1) is 6.10 Å². The summed E-state index contributed by atoms with van der Waals surface area (Å²) in [4.78, 5) is 14.2. The molecule has 2 rings (SSSR count). The van der Waals surface area contributed by atoms with E-state index in [0.717, 1.165) is 25.3 Å². The Kier molecular flexibility index (Phi) is 4.43. The maximum atomic E-state index is 12.4. The molecule has 19 heavy (non-hydrogen) atoms. The van der Waals surface area contributed by atoms with Crippen LogP contribution in [0.1, 0.15) is 30.6 Å². The highest BCUT2D eigenvalue weighted by Crippen LogP contribution is 2.18. The molecular weight excluding hydrogens is 240 g/mol. The van der Waals surface area contributed by atoms with Crippen LogP contribution in [0, 0.1) is 0 Å². The lowest BCUT2D eigenvalue weighted by Crippen LogP contribution is -2.38. The third kappa shape index (κ3) is 3.47. The summed E-state index contributed by atoms with van der Waals surface area (Å²) in [6.45, 7) is 5.82. The molecule has 1 aromatic rings. The zero-order valence-electron chi connectivity index (χ0n) is 11.8. The van der Waals surface area contributed by atoms with E-state index in [0.29, 0.717) is 11.6 Å². The molecule has 1 heterocycles. The fourth-order valence-corrected chi connectivity index (χ4v) is 2.31. The lowest BCUT2D eigenvalue weighted by atomic mass is 10.1. The standard InChI is InChI=1S/C15H22N2O2/c1-11(2)19-14-6-4-5-12(9-14)15(18)17(3)13-7-8-16-10-13/h4-6,9,11,13,16H,7-8,10H2,1-3H3/t13-/m0/s1. The molecule has 1 fully saturated rings. The molecule has 1 atom stereocenters. The number of likely N-dealkylation sites (N-methyl/N-ethyl adjacent to an activating group) is 1. The molecule has 0 saturated carbocycles. The quantitative estimate of drug-likeness (QED) is 0.901. The first-order valence-electron chi connectivity index (χ1n) is 6.82. The molecule has 0 aliphatic carbocycles. The third-order valence-corrected chi connectivity index (χ3v) is 3.36. The molecule has 0 aromatic heterocycles.